The van der Waals surface area contributed by atoms with Gasteiger partial charge in [-0.1, -0.05) is 57.2 Å². The van der Waals surface area contributed by atoms with Gasteiger partial charge in [-0.15, -0.1) is 0 Å². The molecule has 0 aliphatic carbocycles. The standard InChI is InChI=1S/C33H39FO4/c1-7-10-25(20-32(35)37-9-3)24-12-14-26(15-13-24)38-22-23-11-17-30(33(4,5)6)28(19-23)29-21-27(36-8-2)16-18-31(29)34/h7,10-19,21,25H,8-9,20,22H2,1-6H3/b10-7+/t25-/m1/s1. The SMILES string of the molecule is C/C=C/[C@H](CC(=O)OCC)c1ccc(OCc2ccc(C(C)(C)C)c(-c3cc(OCC)ccc3F)c2)cc1. The predicted octanol–water partition coefficient (Wildman–Crippen LogP) is 8.38. The summed E-state index contributed by atoms with van der Waals surface area (Å²) in [6.45, 7) is 13.3. The third kappa shape index (κ3) is 7.70. The van der Waals surface area contributed by atoms with Gasteiger partial charge in [-0.25, -0.2) is 4.39 Å². The highest BCUT2D eigenvalue weighted by molar-refractivity contribution is 5.72. The van der Waals surface area contributed by atoms with E-state index in [2.05, 4.69) is 26.8 Å². The first-order valence-corrected chi connectivity index (χ1v) is 13.2. The molecule has 3 aromatic carbocycles. The third-order valence-electron chi connectivity index (χ3n) is 6.26. The maximum absolute atomic E-state index is 15.0. The molecule has 0 fully saturated rings. The first-order chi connectivity index (χ1) is 18.2. The minimum Gasteiger partial charge on any atom is -0.494 e. The Hall–Kier alpha value is -3.60. The molecule has 0 heterocycles. The van der Waals surface area contributed by atoms with Crippen LogP contribution in [0, 0.1) is 5.82 Å². The quantitative estimate of drug-likeness (QED) is 0.189. The van der Waals surface area contributed by atoms with Crippen LogP contribution < -0.4 is 9.47 Å². The summed E-state index contributed by atoms with van der Waals surface area (Å²) in [5.74, 6) is 0.808. The molecular weight excluding hydrogens is 479 g/mol. The molecule has 202 valence electrons. The van der Waals surface area contributed by atoms with Crippen molar-refractivity contribution in [1.82, 2.24) is 0 Å². The minimum absolute atomic E-state index is 0.0528. The molecule has 0 amide bonds. The topological polar surface area (TPSA) is 44.8 Å². The van der Waals surface area contributed by atoms with Gasteiger partial charge in [-0.05, 0) is 84.8 Å². The Morgan fingerprint density at radius 1 is 0.895 bits per heavy atom. The molecule has 5 heteroatoms. The summed E-state index contributed by atoms with van der Waals surface area (Å²) in [5.41, 5.74) is 4.18. The molecule has 3 aromatic rings. The van der Waals surface area contributed by atoms with Gasteiger partial charge in [0.1, 0.15) is 23.9 Å². The highest BCUT2D eigenvalue weighted by Crippen LogP contribution is 2.37. The zero-order chi connectivity index (χ0) is 27.7. The van der Waals surface area contributed by atoms with E-state index < -0.39 is 0 Å². The van der Waals surface area contributed by atoms with Crippen molar-refractivity contribution in [2.24, 2.45) is 0 Å². The van der Waals surface area contributed by atoms with Crippen LogP contribution >= 0.6 is 0 Å². The zero-order valence-electron chi connectivity index (χ0n) is 23.3. The number of hydrogen-bond donors (Lipinski definition) is 0. The van der Waals surface area contributed by atoms with E-state index in [1.165, 1.54) is 6.07 Å². The van der Waals surface area contributed by atoms with Gasteiger partial charge in [0.25, 0.3) is 0 Å². The van der Waals surface area contributed by atoms with Crippen molar-refractivity contribution in [3.63, 3.8) is 0 Å². The zero-order valence-corrected chi connectivity index (χ0v) is 23.3. The summed E-state index contributed by atoms with van der Waals surface area (Å²) in [5, 5.41) is 0. The van der Waals surface area contributed by atoms with Gasteiger partial charge < -0.3 is 14.2 Å². The molecule has 4 nitrogen and oxygen atoms in total. The molecule has 38 heavy (non-hydrogen) atoms. The molecule has 0 bridgehead atoms. The summed E-state index contributed by atoms with van der Waals surface area (Å²) in [6, 6.07) is 18.7. The fourth-order valence-corrected chi connectivity index (χ4v) is 4.43. The van der Waals surface area contributed by atoms with Crippen molar-refractivity contribution in [2.75, 3.05) is 13.2 Å². The Balaban J connectivity index is 1.82. The van der Waals surface area contributed by atoms with Crippen LogP contribution in [0.3, 0.4) is 0 Å². The normalized spacial score (nSPS) is 12.4. The van der Waals surface area contributed by atoms with Crippen LogP contribution in [0.4, 0.5) is 4.39 Å². The van der Waals surface area contributed by atoms with Gasteiger partial charge in [-0.2, -0.15) is 0 Å². The largest absolute Gasteiger partial charge is 0.494 e. The average Bonchev–Trinajstić information content (AvgIpc) is 2.88. The van der Waals surface area contributed by atoms with E-state index in [4.69, 9.17) is 14.2 Å². The van der Waals surface area contributed by atoms with Crippen molar-refractivity contribution < 1.29 is 23.4 Å². The second-order valence-corrected chi connectivity index (χ2v) is 10.2. The highest BCUT2D eigenvalue weighted by atomic mass is 19.1. The first kappa shape index (κ1) is 29.0. The number of allylic oxidation sites excluding steroid dienone is 2. The Kier molecular flexibility index (Phi) is 10.1. The second-order valence-electron chi connectivity index (χ2n) is 10.2. The third-order valence-corrected chi connectivity index (χ3v) is 6.26. The van der Waals surface area contributed by atoms with Gasteiger partial charge in [0, 0.05) is 11.5 Å². The van der Waals surface area contributed by atoms with Crippen molar-refractivity contribution in [3.05, 3.63) is 95.3 Å². The van der Waals surface area contributed by atoms with E-state index in [-0.39, 0.29) is 23.1 Å². The number of rotatable bonds is 11. The molecule has 0 saturated heterocycles. The van der Waals surface area contributed by atoms with E-state index in [1.807, 2.05) is 69.3 Å². The van der Waals surface area contributed by atoms with Crippen LogP contribution in [0.25, 0.3) is 11.1 Å². The van der Waals surface area contributed by atoms with E-state index in [9.17, 15) is 4.79 Å². The Labute approximate surface area is 226 Å². The molecule has 0 aromatic heterocycles. The fraction of sp³-hybridized carbons (Fsp3) is 0.364. The van der Waals surface area contributed by atoms with Crippen LogP contribution in [0.5, 0.6) is 11.5 Å². The van der Waals surface area contributed by atoms with E-state index in [0.717, 1.165) is 28.0 Å². The Bertz CT molecular complexity index is 1240. The molecule has 0 aliphatic rings. The van der Waals surface area contributed by atoms with Crippen molar-refractivity contribution >= 4 is 5.97 Å². The Morgan fingerprint density at radius 2 is 1.61 bits per heavy atom. The second kappa shape index (κ2) is 13.3. The van der Waals surface area contributed by atoms with Gasteiger partial charge in [0.15, 0.2) is 0 Å². The molecule has 0 N–H and O–H groups in total. The highest BCUT2D eigenvalue weighted by Gasteiger charge is 2.21. The van der Waals surface area contributed by atoms with Gasteiger partial charge in [0.05, 0.1) is 19.6 Å². The number of carbonyl (C=O) groups excluding carboxylic acids is 1. The Morgan fingerprint density at radius 3 is 2.24 bits per heavy atom. The lowest BCUT2D eigenvalue weighted by atomic mass is 9.81. The van der Waals surface area contributed by atoms with Gasteiger partial charge in [0.2, 0.25) is 0 Å². The smallest absolute Gasteiger partial charge is 0.306 e. The number of halogens is 1. The molecule has 0 radical (unpaired) electrons. The fourth-order valence-electron chi connectivity index (χ4n) is 4.43. The van der Waals surface area contributed by atoms with Gasteiger partial charge >= 0.3 is 5.97 Å². The summed E-state index contributed by atoms with van der Waals surface area (Å²) >= 11 is 0. The number of benzene rings is 3. The van der Waals surface area contributed by atoms with E-state index >= 15 is 4.39 Å². The molecule has 1 atom stereocenters. The predicted molar refractivity (Wildman–Crippen MR) is 151 cm³/mol. The molecule has 3 rings (SSSR count). The van der Waals surface area contributed by atoms with Crippen molar-refractivity contribution in [2.45, 2.75) is 65.9 Å². The monoisotopic (exact) mass is 518 g/mol. The number of carbonyl (C=O) groups is 1. The van der Waals surface area contributed by atoms with Crippen LogP contribution in [-0.2, 0) is 21.6 Å². The first-order valence-electron chi connectivity index (χ1n) is 13.2. The van der Waals surface area contributed by atoms with E-state index in [1.54, 1.807) is 12.1 Å². The summed E-state index contributed by atoms with van der Waals surface area (Å²) in [4.78, 5) is 12.0. The molecule has 0 saturated carbocycles. The molecule has 0 aliphatic heterocycles. The summed E-state index contributed by atoms with van der Waals surface area (Å²) < 4.78 is 31.9. The molecule has 0 spiro atoms. The lowest BCUT2D eigenvalue weighted by Gasteiger charge is -2.24. The van der Waals surface area contributed by atoms with Crippen molar-refractivity contribution in [1.29, 1.82) is 0 Å². The lowest BCUT2D eigenvalue weighted by molar-refractivity contribution is -0.143. The number of esters is 1. The summed E-state index contributed by atoms with van der Waals surface area (Å²) in [7, 11) is 0. The summed E-state index contributed by atoms with van der Waals surface area (Å²) in [6.07, 6.45) is 4.24. The van der Waals surface area contributed by atoms with Crippen LogP contribution in [0.2, 0.25) is 0 Å². The van der Waals surface area contributed by atoms with Crippen LogP contribution in [-0.4, -0.2) is 19.2 Å². The lowest BCUT2D eigenvalue weighted by Crippen LogP contribution is -2.13. The minimum atomic E-state index is -0.286. The number of hydrogen-bond acceptors (Lipinski definition) is 4. The van der Waals surface area contributed by atoms with Crippen molar-refractivity contribution in [3.8, 4) is 22.6 Å². The molecular formula is C33H39FO4. The number of ether oxygens (including phenoxy) is 3. The van der Waals surface area contributed by atoms with E-state index in [0.29, 0.717) is 37.6 Å². The average molecular weight is 519 g/mol. The van der Waals surface area contributed by atoms with Crippen LogP contribution in [0.15, 0.2) is 72.8 Å². The van der Waals surface area contributed by atoms with Gasteiger partial charge in [-0.3, -0.25) is 4.79 Å². The maximum Gasteiger partial charge on any atom is 0.306 e. The maximum atomic E-state index is 15.0. The van der Waals surface area contributed by atoms with Crippen LogP contribution in [0.1, 0.15) is 70.6 Å². The molecule has 0 unspecified atom stereocenters.